The van der Waals surface area contributed by atoms with Gasteiger partial charge in [-0.2, -0.15) is 0 Å². The van der Waals surface area contributed by atoms with Gasteiger partial charge in [-0.05, 0) is 117 Å². The molecular weight excluding hydrogens is 538 g/mol. The molecule has 4 fully saturated rings. The molecule has 42 heavy (non-hydrogen) atoms. The van der Waals surface area contributed by atoms with Crippen LogP contribution in [0.2, 0.25) is 0 Å². The van der Waals surface area contributed by atoms with E-state index in [1.165, 1.54) is 24.8 Å². The fraction of sp³-hybridized carbons (Fsp3) is 0.865. The van der Waals surface area contributed by atoms with Crippen LogP contribution in [-0.4, -0.2) is 59.1 Å². The lowest BCUT2D eigenvalue weighted by Crippen LogP contribution is -2.66. The second-order valence-electron chi connectivity index (χ2n) is 17.2. The Bertz CT molecular complexity index is 1170. The number of nitrogens with zero attached hydrogens (tertiary/aromatic N) is 1. The second kappa shape index (κ2) is 9.86. The quantitative estimate of drug-likeness (QED) is 0.296. The molecule has 0 radical (unpaired) electrons. The van der Waals surface area contributed by atoms with Gasteiger partial charge in [-0.15, -0.1) is 11.8 Å². The average Bonchev–Trinajstić information content (AvgIpc) is 3.09. The molecule has 11 atom stereocenters. The molecule has 5 heteroatoms. The third-order valence-corrected chi connectivity index (χ3v) is 16.9. The summed E-state index contributed by atoms with van der Waals surface area (Å²) in [5.41, 5.74) is 0.964. The van der Waals surface area contributed by atoms with Crippen molar-refractivity contribution in [3.63, 3.8) is 0 Å². The smallest absolute Gasteiger partial charge is 0.166 e. The van der Waals surface area contributed by atoms with E-state index in [4.69, 9.17) is 9.47 Å². The second-order valence-corrected chi connectivity index (χ2v) is 18.4. The van der Waals surface area contributed by atoms with Crippen molar-refractivity contribution in [2.45, 2.75) is 123 Å². The number of carbonyl (C=O) groups excluding carboxylic acids is 1. The lowest BCUT2D eigenvalue weighted by atomic mass is 9.40. The lowest BCUT2D eigenvalue weighted by molar-refractivity contribution is -0.179. The molecule has 1 spiro atoms. The number of ether oxygens (including phenoxy) is 2. The maximum Gasteiger partial charge on any atom is 0.166 e. The van der Waals surface area contributed by atoms with Gasteiger partial charge in [-0.3, -0.25) is 4.79 Å². The van der Waals surface area contributed by atoms with E-state index in [1.807, 2.05) is 6.26 Å². The molecule has 2 aliphatic heterocycles. The number of hydrogen-bond donors (Lipinski definition) is 0. The van der Waals surface area contributed by atoms with Crippen LogP contribution in [0.25, 0.3) is 0 Å². The number of hydrogen-bond acceptors (Lipinski definition) is 5. The predicted molar refractivity (Wildman–Crippen MR) is 174 cm³/mol. The number of ketones is 1. The van der Waals surface area contributed by atoms with Crippen LogP contribution in [0.4, 0.5) is 0 Å². The van der Waals surface area contributed by atoms with Crippen LogP contribution >= 0.6 is 11.8 Å². The molecule has 4 aliphatic carbocycles. The van der Waals surface area contributed by atoms with Crippen LogP contribution < -0.4 is 0 Å². The van der Waals surface area contributed by atoms with Crippen LogP contribution in [0.5, 0.6) is 0 Å². The molecule has 4 nitrogen and oxygen atoms in total. The number of carbonyl (C=O) groups is 1. The largest absolute Gasteiger partial charge is 0.495 e. The van der Waals surface area contributed by atoms with Crippen LogP contribution in [-0.2, 0) is 14.3 Å². The summed E-state index contributed by atoms with van der Waals surface area (Å²) in [6.07, 6.45) is 13.2. The molecular formula is C37H59NO3S. The molecule has 0 aromatic heterocycles. The van der Waals surface area contributed by atoms with Gasteiger partial charge in [0.25, 0.3) is 0 Å². The standard InChI is InChI=1S/C37H59NO3S/c1-23(2)26(6)36-15-14-33(8)27-12-13-29-32(7)19-25(5)37(29,28(27)18-30(39)35(33,21-36)16-17-41-36)42-20-31(32)40-22-34(9,24(3)4)38(10)11/h16-18,23-27,29,31H,12-15,19-22H2,1-11H3/t25?,26-,27?,29?,31?,32+,33?,34?,35-,36-,37?/m1/s1. The van der Waals surface area contributed by atoms with E-state index in [0.717, 1.165) is 31.6 Å². The summed E-state index contributed by atoms with van der Waals surface area (Å²) in [6, 6.07) is 0. The zero-order chi connectivity index (χ0) is 30.7. The van der Waals surface area contributed by atoms with Crippen LogP contribution in [0.3, 0.4) is 0 Å². The Kier molecular flexibility index (Phi) is 7.33. The minimum absolute atomic E-state index is 0.0131. The maximum atomic E-state index is 14.7. The van der Waals surface area contributed by atoms with Crippen molar-refractivity contribution < 1.29 is 14.3 Å². The third-order valence-electron chi connectivity index (χ3n) is 15.1. The summed E-state index contributed by atoms with van der Waals surface area (Å²) in [6.45, 7) is 22.2. The first-order valence-electron chi connectivity index (χ1n) is 17.1. The van der Waals surface area contributed by atoms with Gasteiger partial charge in [0.2, 0.25) is 0 Å². The molecule has 7 unspecified atom stereocenters. The highest BCUT2D eigenvalue weighted by molar-refractivity contribution is 8.01. The van der Waals surface area contributed by atoms with Gasteiger partial charge in [-0.25, -0.2) is 0 Å². The first kappa shape index (κ1) is 31.2. The summed E-state index contributed by atoms with van der Waals surface area (Å²) in [5, 5.41) is 0. The van der Waals surface area contributed by atoms with Gasteiger partial charge < -0.3 is 14.4 Å². The van der Waals surface area contributed by atoms with E-state index in [-0.39, 0.29) is 32.8 Å². The van der Waals surface area contributed by atoms with E-state index in [2.05, 4.69) is 105 Å². The summed E-state index contributed by atoms with van der Waals surface area (Å²) in [5.74, 6) is 4.43. The first-order chi connectivity index (χ1) is 19.5. The highest BCUT2D eigenvalue weighted by atomic mass is 32.2. The SMILES string of the molecule is CC(C)[C@@H](C)[C@]12CCC3(C)C4CCC5C6(SCC(OCC(C)(C(C)C)N(C)C)[C@@]5(C)CC6C)C4=CC(=O)[C@@]3(C=CO1)C2. The Hall–Kier alpha value is -0.780. The summed E-state index contributed by atoms with van der Waals surface area (Å²) in [4.78, 5) is 17.0. The number of allylic oxidation sites excluding steroid dienone is 2. The summed E-state index contributed by atoms with van der Waals surface area (Å²) in [7, 11) is 4.38. The maximum absolute atomic E-state index is 14.7. The predicted octanol–water partition coefficient (Wildman–Crippen LogP) is 8.17. The molecule has 236 valence electrons. The Morgan fingerprint density at radius 3 is 2.50 bits per heavy atom. The van der Waals surface area contributed by atoms with Crippen LogP contribution in [0, 0.1) is 51.8 Å². The highest BCUT2D eigenvalue weighted by Gasteiger charge is 2.73. The molecule has 6 aliphatic rings. The number of likely N-dealkylation sites (N-methyl/N-ethyl adjacent to an activating group) is 1. The van der Waals surface area contributed by atoms with Gasteiger partial charge in [0.1, 0.15) is 5.60 Å². The zero-order valence-electron chi connectivity index (χ0n) is 28.5. The molecule has 6 rings (SSSR count). The van der Waals surface area contributed by atoms with E-state index in [9.17, 15) is 4.79 Å². The van der Waals surface area contributed by atoms with E-state index < -0.39 is 5.41 Å². The normalized spacial score (nSPS) is 47.9. The average molecular weight is 598 g/mol. The Morgan fingerprint density at radius 2 is 1.86 bits per heavy atom. The fourth-order valence-corrected chi connectivity index (χ4v) is 13.5. The Morgan fingerprint density at radius 1 is 1.14 bits per heavy atom. The molecule has 0 aromatic carbocycles. The minimum atomic E-state index is -0.437. The molecule has 0 aromatic rings. The third kappa shape index (κ3) is 3.77. The van der Waals surface area contributed by atoms with Gasteiger partial charge in [-0.1, -0.05) is 55.4 Å². The van der Waals surface area contributed by atoms with E-state index in [1.54, 1.807) is 0 Å². The van der Waals surface area contributed by atoms with Crippen molar-refractivity contribution >= 4 is 17.5 Å². The van der Waals surface area contributed by atoms with Crippen molar-refractivity contribution in [2.75, 3.05) is 26.5 Å². The minimum Gasteiger partial charge on any atom is -0.495 e. The molecule has 4 bridgehead atoms. The van der Waals surface area contributed by atoms with Crippen molar-refractivity contribution in [3.8, 4) is 0 Å². The zero-order valence-corrected chi connectivity index (χ0v) is 29.3. The van der Waals surface area contributed by atoms with Crippen LogP contribution in [0.15, 0.2) is 24.0 Å². The van der Waals surface area contributed by atoms with Gasteiger partial charge in [0, 0.05) is 22.5 Å². The van der Waals surface area contributed by atoms with E-state index in [0.29, 0.717) is 41.3 Å². The number of rotatable bonds is 7. The first-order valence-corrected chi connectivity index (χ1v) is 18.1. The fourth-order valence-electron chi connectivity index (χ4n) is 11.3. The van der Waals surface area contributed by atoms with Gasteiger partial charge >= 0.3 is 0 Å². The summed E-state index contributed by atoms with van der Waals surface area (Å²) < 4.78 is 13.6. The van der Waals surface area contributed by atoms with Crippen molar-refractivity contribution in [1.29, 1.82) is 0 Å². The molecule has 0 N–H and O–H groups in total. The topological polar surface area (TPSA) is 38.8 Å². The summed E-state index contributed by atoms with van der Waals surface area (Å²) >= 11 is 2.17. The molecule has 2 heterocycles. The van der Waals surface area contributed by atoms with Gasteiger partial charge in [0.15, 0.2) is 5.78 Å². The van der Waals surface area contributed by atoms with Crippen molar-refractivity contribution in [2.24, 2.45) is 51.8 Å². The molecule has 0 amide bonds. The van der Waals surface area contributed by atoms with Gasteiger partial charge in [0.05, 0.1) is 24.4 Å². The Balaban J connectivity index is 1.35. The van der Waals surface area contributed by atoms with E-state index >= 15 is 0 Å². The monoisotopic (exact) mass is 597 g/mol. The van der Waals surface area contributed by atoms with Crippen molar-refractivity contribution in [1.82, 2.24) is 4.90 Å². The number of fused-ring (bicyclic) bond motifs is 3. The molecule has 1 saturated heterocycles. The van der Waals surface area contributed by atoms with Crippen LogP contribution in [0.1, 0.15) is 101 Å². The molecule has 3 saturated carbocycles. The lowest BCUT2D eigenvalue weighted by Gasteiger charge is -2.67. The Labute approximate surface area is 261 Å². The number of thioether (sulfide) groups is 1. The van der Waals surface area contributed by atoms with Crippen molar-refractivity contribution in [3.05, 3.63) is 24.0 Å². The highest BCUT2D eigenvalue weighted by Crippen LogP contribution is 2.76.